The van der Waals surface area contributed by atoms with Crippen molar-refractivity contribution >= 4 is 29.1 Å². The van der Waals surface area contributed by atoms with Gasteiger partial charge in [-0.1, -0.05) is 29.3 Å². The first kappa shape index (κ1) is 14.6. The summed E-state index contributed by atoms with van der Waals surface area (Å²) in [7, 11) is 0. The molecule has 1 heterocycles. The van der Waals surface area contributed by atoms with Crippen LogP contribution in [0.5, 0.6) is 0 Å². The maximum atomic E-state index is 11.3. The van der Waals surface area contributed by atoms with Crippen LogP contribution < -0.4 is 10.6 Å². The molecule has 1 aliphatic rings. The van der Waals surface area contributed by atoms with Crippen LogP contribution in [-0.4, -0.2) is 31.6 Å². The summed E-state index contributed by atoms with van der Waals surface area (Å²) >= 11 is 12.0. The van der Waals surface area contributed by atoms with Crippen molar-refractivity contribution in [2.24, 2.45) is 0 Å². The average Bonchev–Trinajstić information content (AvgIpc) is 2.57. The van der Waals surface area contributed by atoms with Crippen LogP contribution >= 0.6 is 23.2 Å². The molecule has 2 rings (SSSR count). The van der Waals surface area contributed by atoms with Gasteiger partial charge in [-0.15, -0.1) is 0 Å². The third-order valence-electron chi connectivity index (χ3n) is 2.97. The number of rotatable bonds is 2. The zero-order chi connectivity index (χ0) is 13.8. The number of carbonyl (C=O) groups excluding carboxylic acids is 1. The predicted molar refractivity (Wildman–Crippen MR) is 75.6 cm³/mol. The number of ether oxygens (including phenoxy) is 1. The average molecular weight is 303 g/mol. The first-order valence-corrected chi connectivity index (χ1v) is 6.88. The fraction of sp³-hybridized carbons (Fsp3) is 0.462. The van der Waals surface area contributed by atoms with Crippen molar-refractivity contribution in [2.75, 3.05) is 19.7 Å². The van der Waals surface area contributed by atoms with Crippen molar-refractivity contribution in [2.45, 2.75) is 19.1 Å². The van der Waals surface area contributed by atoms with Crippen molar-refractivity contribution in [3.05, 3.63) is 33.8 Å². The van der Waals surface area contributed by atoms with Gasteiger partial charge in [0.25, 0.3) is 0 Å². The van der Waals surface area contributed by atoms with Gasteiger partial charge in [-0.05, 0) is 17.7 Å². The van der Waals surface area contributed by atoms with Crippen molar-refractivity contribution in [3.8, 4) is 0 Å². The molecule has 19 heavy (non-hydrogen) atoms. The maximum Gasteiger partial charge on any atom is 0.217 e. The molecule has 1 saturated heterocycles. The highest BCUT2D eigenvalue weighted by Crippen LogP contribution is 2.29. The molecule has 1 aromatic rings. The van der Waals surface area contributed by atoms with Gasteiger partial charge in [-0.25, -0.2) is 0 Å². The molecule has 2 atom stereocenters. The molecule has 104 valence electrons. The summed E-state index contributed by atoms with van der Waals surface area (Å²) in [6, 6.07) is 5.27. The second-order valence-corrected chi connectivity index (χ2v) is 5.29. The second kappa shape index (κ2) is 6.57. The zero-order valence-electron chi connectivity index (χ0n) is 10.6. The van der Waals surface area contributed by atoms with E-state index in [9.17, 15) is 4.79 Å². The molecular weight excluding hydrogens is 287 g/mol. The molecule has 0 spiro atoms. The Hall–Kier alpha value is -0.810. The summed E-state index contributed by atoms with van der Waals surface area (Å²) in [6.07, 6.45) is -0.228. The van der Waals surface area contributed by atoms with Gasteiger partial charge in [0.1, 0.15) is 6.10 Å². The van der Waals surface area contributed by atoms with Crippen molar-refractivity contribution < 1.29 is 9.53 Å². The smallest absolute Gasteiger partial charge is 0.217 e. The summed E-state index contributed by atoms with van der Waals surface area (Å²) in [5.41, 5.74) is 0.914. The first-order chi connectivity index (χ1) is 9.08. The fourth-order valence-electron chi connectivity index (χ4n) is 2.14. The van der Waals surface area contributed by atoms with E-state index >= 15 is 0 Å². The Labute approximate surface area is 122 Å². The van der Waals surface area contributed by atoms with E-state index in [-0.39, 0.29) is 18.1 Å². The van der Waals surface area contributed by atoms with E-state index in [4.69, 9.17) is 27.9 Å². The van der Waals surface area contributed by atoms with E-state index in [1.807, 2.05) is 6.07 Å². The van der Waals surface area contributed by atoms with Crippen molar-refractivity contribution in [1.82, 2.24) is 10.6 Å². The monoisotopic (exact) mass is 302 g/mol. The summed E-state index contributed by atoms with van der Waals surface area (Å²) in [6.45, 7) is 3.50. The molecule has 1 aliphatic heterocycles. The molecule has 1 amide bonds. The van der Waals surface area contributed by atoms with Gasteiger partial charge in [-0.3, -0.25) is 4.79 Å². The lowest BCUT2D eigenvalue weighted by Gasteiger charge is -2.25. The van der Waals surface area contributed by atoms with Crippen LogP contribution in [-0.2, 0) is 9.53 Å². The third kappa shape index (κ3) is 3.83. The summed E-state index contributed by atoms with van der Waals surface area (Å²) < 4.78 is 5.82. The SMILES string of the molecule is CC(=O)N[C@H]1CNCCO[C@@H]1c1ccc(Cl)c(Cl)c1. The molecule has 1 aromatic carbocycles. The van der Waals surface area contributed by atoms with Gasteiger partial charge in [-0.2, -0.15) is 0 Å². The molecule has 6 heteroatoms. The summed E-state index contributed by atoms with van der Waals surface area (Å²) in [4.78, 5) is 11.3. The number of benzene rings is 1. The quantitative estimate of drug-likeness (QED) is 0.880. The number of halogens is 2. The molecule has 0 radical (unpaired) electrons. The van der Waals surface area contributed by atoms with E-state index in [1.54, 1.807) is 12.1 Å². The van der Waals surface area contributed by atoms with Gasteiger partial charge in [0.15, 0.2) is 0 Å². The normalized spacial score (nSPS) is 23.7. The van der Waals surface area contributed by atoms with Crippen LogP contribution in [0.2, 0.25) is 10.0 Å². The summed E-state index contributed by atoms with van der Waals surface area (Å²) in [5.74, 6) is -0.0811. The fourth-order valence-corrected chi connectivity index (χ4v) is 2.45. The van der Waals surface area contributed by atoms with E-state index in [0.717, 1.165) is 12.1 Å². The Morgan fingerprint density at radius 3 is 2.89 bits per heavy atom. The summed E-state index contributed by atoms with van der Waals surface area (Å²) in [5, 5.41) is 7.13. The van der Waals surface area contributed by atoms with Crippen molar-refractivity contribution in [1.29, 1.82) is 0 Å². The van der Waals surface area contributed by atoms with Gasteiger partial charge in [0, 0.05) is 20.0 Å². The minimum absolute atomic E-state index is 0.0811. The largest absolute Gasteiger partial charge is 0.370 e. The highest BCUT2D eigenvalue weighted by molar-refractivity contribution is 6.42. The van der Waals surface area contributed by atoms with Gasteiger partial charge >= 0.3 is 0 Å². The lowest BCUT2D eigenvalue weighted by molar-refractivity contribution is -0.120. The van der Waals surface area contributed by atoms with Crippen LogP contribution in [0.3, 0.4) is 0 Å². The number of carbonyl (C=O) groups is 1. The first-order valence-electron chi connectivity index (χ1n) is 6.12. The zero-order valence-corrected chi connectivity index (χ0v) is 12.1. The minimum atomic E-state index is -0.228. The second-order valence-electron chi connectivity index (χ2n) is 4.48. The van der Waals surface area contributed by atoms with E-state index in [1.165, 1.54) is 6.92 Å². The molecule has 2 N–H and O–H groups in total. The van der Waals surface area contributed by atoms with Crippen LogP contribution in [0, 0.1) is 0 Å². The number of nitrogens with one attached hydrogen (secondary N) is 2. The third-order valence-corrected chi connectivity index (χ3v) is 3.71. The maximum absolute atomic E-state index is 11.3. The Morgan fingerprint density at radius 2 is 2.21 bits per heavy atom. The number of amides is 1. The van der Waals surface area contributed by atoms with Crippen molar-refractivity contribution in [3.63, 3.8) is 0 Å². The highest BCUT2D eigenvalue weighted by atomic mass is 35.5. The number of hydrogen-bond acceptors (Lipinski definition) is 3. The predicted octanol–water partition coefficient (Wildman–Crippen LogP) is 2.16. The number of hydrogen-bond donors (Lipinski definition) is 2. The molecule has 0 aliphatic carbocycles. The highest BCUT2D eigenvalue weighted by Gasteiger charge is 2.27. The van der Waals surface area contributed by atoms with E-state index in [2.05, 4.69) is 10.6 Å². The Bertz CT molecular complexity index is 468. The van der Waals surface area contributed by atoms with Gasteiger partial charge in [0.05, 0.1) is 22.7 Å². The van der Waals surface area contributed by atoms with E-state index in [0.29, 0.717) is 23.2 Å². The van der Waals surface area contributed by atoms with Crippen LogP contribution in [0.1, 0.15) is 18.6 Å². The van der Waals surface area contributed by atoms with Crippen LogP contribution in [0.15, 0.2) is 18.2 Å². The minimum Gasteiger partial charge on any atom is -0.370 e. The molecular formula is C13H16Cl2N2O2. The molecule has 0 unspecified atom stereocenters. The molecule has 0 bridgehead atoms. The topological polar surface area (TPSA) is 50.4 Å². The standard InChI is InChI=1S/C13H16Cl2N2O2/c1-8(18)17-12-7-16-4-5-19-13(12)9-2-3-10(14)11(15)6-9/h2-3,6,12-13,16H,4-5,7H2,1H3,(H,17,18)/t12-,13+/m0/s1. The Kier molecular flexibility index (Phi) is 5.05. The van der Waals surface area contributed by atoms with E-state index < -0.39 is 0 Å². The molecule has 0 saturated carbocycles. The molecule has 1 fully saturated rings. The lowest BCUT2D eigenvalue weighted by Crippen LogP contribution is -2.43. The molecule has 4 nitrogen and oxygen atoms in total. The lowest BCUT2D eigenvalue weighted by atomic mass is 10.0. The van der Waals surface area contributed by atoms with Crippen LogP contribution in [0.25, 0.3) is 0 Å². The molecule has 0 aromatic heterocycles. The Balaban J connectivity index is 2.25. The van der Waals surface area contributed by atoms with Crippen LogP contribution in [0.4, 0.5) is 0 Å². The Morgan fingerprint density at radius 1 is 1.42 bits per heavy atom. The van der Waals surface area contributed by atoms with Gasteiger partial charge < -0.3 is 15.4 Å². The van der Waals surface area contributed by atoms with Gasteiger partial charge in [0.2, 0.25) is 5.91 Å².